The van der Waals surface area contributed by atoms with Gasteiger partial charge in [-0.15, -0.1) is 0 Å². The molecule has 8 nitrogen and oxygen atoms in total. The Morgan fingerprint density at radius 2 is 1.83 bits per heavy atom. The molecule has 8 heteroatoms. The lowest BCUT2D eigenvalue weighted by molar-refractivity contribution is -0.129. The zero-order valence-electron chi connectivity index (χ0n) is 18.0. The van der Waals surface area contributed by atoms with Crippen LogP contribution in [0.2, 0.25) is 0 Å². The quantitative estimate of drug-likeness (QED) is 0.658. The Balaban J connectivity index is 1.46. The molecule has 0 spiro atoms. The van der Waals surface area contributed by atoms with Gasteiger partial charge in [-0.05, 0) is 37.8 Å². The molecule has 30 heavy (non-hydrogen) atoms. The average molecular weight is 421 g/mol. The van der Waals surface area contributed by atoms with Gasteiger partial charge in [0.05, 0.1) is 32.8 Å². The van der Waals surface area contributed by atoms with Crippen LogP contribution in [-0.2, 0) is 14.3 Å². The Morgan fingerprint density at radius 1 is 1.10 bits per heavy atom. The lowest BCUT2D eigenvalue weighted by Gasteiger charge is -2.30. The second-order valence-corrected chi connectivity index (χ2v) is 7.83. The number of nitrogens with one attached hydrogen (secondary N) is 1. The van der Waals surface area contributed by atoms with Gasteiger partial charge in [0.1, 0.15) is 0 Å². The van der Waals surface area contributed by atoms with E-state index in [2.05, 4.69) is 5.32 Å². The molecule has 1 aromatic rings. The van der Waals surface area contributed by atoms with Crippen LogP contribution in [-0.4, -0.2) is 69.9 Å². The predicted molar refractivity (Wildman–Crippen MR) is 111 cm³/mol. The van der Waals surface area contributed by atoms with Crippen LogP contribution in [0.4, 0.5) is 0 Å². The average Bonchev–Trinajstić information content (AvgIpc) is 3.14. The normalized spacial score (nSPS) is 23.9. The van der Waals surface area contributed by atoms with Crippen LogP contribution in [0.25, 0.3) is 0 Å². The van der Waals surface area contributed by atoms with Gasteiger partial charge in [-0.1, -0.05) is 6.07 Å². The summed E-state index contributed by atoms with van der Waals surface area (Å²) in [5.41, 5.74) is 0. The van der Waals surface area contributed by atoms with Gasteiger partial charge in [0, 0.05) is 32.7 Å². The van der Waals surface area contributed by atoms with Crippen molar-refractivity contribution in [2.45, 2.75) is 44.2 Å². The van der Waals surface area contributed by atoms with Gasteiger partial charge in [0.2, 0.25) is 17.6 Å². The van der Waals surface area contributed by atoms with E-state index in [-0.39, 0.29) is 36.3 Å². The lowest BCUT2D eigenvalue weighted by Crippen LogP contribution is -2.43. The Hall–Kier alpha value is -2.48. The number of rotatable bonds is 9. The number of likely N-dealkylation sites (tertiary alicyclic amines) is 1. The molecule has 2 fully saturated rings. The second-order valence-electron chi connectivity index (χ2n) is 7.83. The Kier molecular flexibility index (Phi) is 7.79. The van der Waals surface area contributed by atoms with E-state index in [0.717, 1.165) is 25.7 Å². The molecular weight excluding hydrogens is 388 g/mol. The fourth-order valence-corrected chi connectivity index (χ4v) is 4.14. The maximum absolute atomic E-state index is 12.6. The summed E-state index contributed by atoms with van der Waals surface area (Å²) in [6.45, 7) is 1.50. The van der Waals surface area contributed by atoms with Crippen molar-refractivity contribution in [3.63, 3.8) is 0 Å². The van der Waals surface area contributed by atoms with Gasteiger partial charge in [-0.2, -0.15) is 0 Å². The number of carbonyl (C=O) groups excluding carboxylic acids is 2. The zero-order chi connectivity index (χ0) is 21.5. The maximum Gasteiger partial charge on any atom is 0.225 e. The van der Waals surface area contributed by atoms with Crippen LogP contribution >= 0.6 is 0 Å². The number of methoxy groups -OCH3 is 3. The molecule has 1 aliphatic carbocycles. The van der Waals surface area contributed by atoms with Crippen LogP contribution in [0.3, 0.4) is 0 Å². The first kappa shape index (κ1) is 22.2. The molecule has 0 radical (unpaired) electrons. The highest BCUT2D eigenvalue weighted by Crippen LogP contribution is 2.38. The summed E-state index contributed by atoms with van der Waals surface area (Å²) in [7, 11) is 4.81. The molecule has 1 atom stereocenters. The predicted octanol–water partition coefficient (Wildman–Crippen LogP) is 2.00. The van der Waals surface area contributed by atoms with E-state index < -0.39 is 0 Å². The van der Waals surface area contributed by atoms with Gasteiger partial charge in [0.25, 0.3) is 0 Å². The van der Waals surface area contributed by atoms with Crippen LogP contribution in [0, 0.1) is 5.92 Å². The van der Waals surface area contributed by atoms with Crippen LogP contribution in [0.5, 0.6) is 17.2 Å². The maximum atomic E-state index is 12.6. The summed E-state index contributed by atoms with van der Waals surface area (Å²) < 4.78 is 21.9. The number of ether oxygens (including phenoxy) is 4. The summed E-state index contributed by atoms with van der Waals surface area (Å²) in [4.78, 5) is 26.4. The molecule has 3 rings (SSSR count). The monoisotopic (exact) mass is 420 g/mol. The summed E-state index contributed by atoms with van der Waals surface area (Å²) in [6, 6.07) is 5.71. The first-order chi connectivity index (χ1) is 14.5. The summed E-state index contributed by atoms with van der Waals surface area (Å²) in [6.07, 6.45) is 3.72. The number of para-hydroxylation sites is 1. The minimum absolute atomic E-state index is 0.0246. The largest absolute Gasteiger partial charge is 0.493 e. The summed E-state index contributed by atoms with van der Waals surface area (Å²) in [5, 5.41) is 3.13. The lowest BCUT2D eigenvalue weighted by atomic mass is 9.92. The molecule has 1 saturated carbocycles. The van der Waals surface area contributed by atoms with E-state index in [0.29, 0.717) is 36.9 Å². The number of amides is 2. The standard InChI is InChI=1S/C22H32N2O6/c1-27-12-11-24-14-15(13-20(24)25)22(26)23-16-7-9-17(10-8-16)30-19-6-4-5-18(28-2)21(19)29-3/h4-6,15-17H,7-14H2,1-3H3,(H,23,26). The Labute approximate surface area is 177 Å². The van der Waals surface area contributed by atoms with Crippen LogP contribution in [0.15, 0.2) is 18.2 Å². The van der Waals surface area contributed by atoms with Crippen molar-refractivity contribution in [1.29, 1.82) is 0 Å². The molecular formula is C22H32N2O6. The highest BCUT2D eigenvalue weighted by molar-refractivity contribution is 5.89. The number of nitrogens with zero attached hydrogens (tertiary/aromatic N) is 1. The van der Waals surface area contributed by atoms with E-state index in [1.807, 2.05) is 18.2 Å². The number of hydrogen-bond donors (Lipinski definition) is 1. The van der Waals surface area contributed by atoms with Crippen molar-refractivity contribution >= 4 is 11.8 Å². The van der Waals surface area contributed by atoms with Crippen molar-refractivity contribution in [1.82, 2.24) is 10.2 Å². The molecule has 1 aliphatic heterocycles. The summed E-state index contributed by atoms with van der Waals surface area (Å²) >= 11 is 0. The first-order valence-corrected chi connectivity index (χ1v) is 10.5. The molecule has 0 aromatic heterocycles. The third kappa shape index (κ3) is 5.36. The van der Waals surface area contributed by atoms with Crippen LogP contribution < -0.4 is 19.5 Å². The molecule has 2 amide bonds. The van der Waals surface area contributed by atoms with E-state index in [1.165, 1.54) is 0 Å². The highest BCUT2D eigenvalue weighted by Gasteiger charge is 2.35. The van der Waals surface area contributed by atoms with Crippen molar-refractivity contribution < 1.29 is 28.5 Å². The van der Waals surface area contributed by atoms with Gasteiger partial charge in [0.15, 0.2) is 11.5 Å². The Morgan fingerprint density at radius 3 is 2.50 bits per heavy atom. The van der Waals surface area contributed by atoms with E-state index in [1.54, 1.807) is 26.2 Å². The van der Waals surface area contributed by atoms with Crippen molar-refractivity contribution in [2.75, 3.05) is 41.0 Å². The fourth-order valence-electron chi connectivity index (χ4n) is 4.14. The summed E-state index contributed by atoms with van der Waals surface area (Å²) in [5.74, 6) is 1.63. The van der Waals surface area contributed by atoms with Gasteiger partial charge >= 0.3 is 0 Å². The molecule has 1 heterocycles. The molecule has 1 aromatic carbocycles. The zero-order valence-corrected chi connectivity index (χ0v) is 18.0. The molecule has 1 unspecified atom stereocenters. The molecule has 1 saturated heterocycles. The van der Waals surface area contributed by atoms with Gasteiger partial charge in [-0.3, -0.25) is 9.59 Å². The highest BCUT2D eigenvalue weighted by atomic mass is 16.5. The molecule has 1 N–H and O–H groups in total. The number of benzene rings is 1. The van der Waals surface area contributed by atoms with Gasteiger partial charge < -0.3 is 29.2 Å². The Bertz CT molecular complexity index is 732. The third-order valence-corrected chi connectivity index (χ3v) is 5.83. The van der Waals surface area contributed by atoms with Gasteiger partial charge in [-0.25, -0.2) is 0 Å². The van der Waals surface area contributed by atoms with Crippen molar-refractivity contribution in [3.05, 3.63) is 18.2 Å². The first-order valence-electron chi connectivity index (χ1n) is 10.5. The number of carbonyl (C=O) groups is 2. The van der Waals surface area contributed by atoms with Crippen molar-refractivity contribution in [3.8, 4) is 17.2 Å². The minimum atomic E-state index is -0.274. The minimum Gasteiger partial charge on any atom is -0.493 e. The van der Waals surface area contributed by atoms with E-state index in [9.17, 15) is 9.59 Å². The van der Waals surface area contributed by atoms with Crippen molar-refractivity contribution in [2.24, 2.45) is 5.92 Å². The topological polar surface area (TPSA) is 86.3 Å². The SMILES string of the molecule is COCCN1CC(C(=O)NC2CCC(Oc3cccc(OC)c3OC)CC2)CC1=O. The third-order valence-electron chi connectivity index (χ3n) is 5.83. The molecule has 2 aliphatic rings. The molecule has 166 valence electrons. The number of hydrogen-bond acceptors (Lipinski definition) is 6. The molecule has 0 bridgehead atoms. The fraction of sp³-hybridized carbons (Fsp3) is 0.636. The van der Waals surface area contributed by atoms with E-state index >= 15 is 0 Å². The van der Waals surface area contributed by atoms with E-state index in [4.69, 9.17) is 18.9 Å². The van der Waals surface area contributed by atoms with Crippen LogP contribution in [0.1, 0.15) is 32.1 Å². The second kappa shape index (κ2) is 10.5. The smallest absolute Gasteiger partial charge is 0.225 e.